The van der Waals surface area contributed by atoms with E-state index in [0.29, 0.717) is 11.8 Å². The van der Waals surface area contributed by atoms with E-state index in [1.165, 1.54) is 0 Å². The number of halogens is 2. The van der Waals surface area contributed by atoms with Gasteiger partial charge in [0.15, 0.2) is 0 Å². The molecule has 0 unspecified atom stereocenters. The SMILES string of the molecule is CCCC1(CCC)OC(C(Br)(Br)C2=N[C@]([Ni])(C(C)(C)C)C(CCC)(CCC)O2)=N[C@]1([Ni])C(C)(C)C. The molecular formula is C27H46Br2N2Ni2O2. The quantitative estimate of drug-likeness (QED) is 0.169. The van der Waals surface area contributed by atoms with Crippen LogP contribution in [0, 0.1) is 10.8 Å². The fraction of sp³-hybridized carbons (Fsp3) is 0.926. The zero-order valence-corrected chi connectivity index (χ0v) is 28.4. The Hall–Kier alpha value is 0.887. The van der Waals surface area contributed by atoms with Crippen molar-refractivity contribution in [2.24, 2.45) is 20.8 Å². The second-order valence-corrected chi connectivity index (χ2v) is 17.1. The first-order valence-corrected chi connectivity index (χ1v) is 15.7. The average molecular weight is 708 g/mol. The molecule has 0 bridgehead atoms. The van der Waals surface area contributed by atoms with Gasteiger partial charge in [-0.3, -0.25) is 0 Å². The molecule has 0 N–H and O–H groups in total. The molecule has 2 aliphatic heterocycles. The number of hydrogen-bond acceptors (Lipinski definition) is 4. The van der Waals surface area contributed by atoms with E-state index in [9.17, 15) is 0 Å². The number of rotatable bonds is 10. The van der Waals surface area contributed by atoms with Gasteiger partial charge in [-0.1, -0.05) is 0 Å². The van der Waals surface area contributed by atoms with Crippen LogP contribution in [0.15, 0.2) is 9.98 Å². The Kier molecular flexibility index (Phi) is 9.91. The van der Waals surface area contributed by atoms with E-state index < -0.39 is 23.5 Å². The Labute approximate surface area is 247 Å². The molecule has 4 nitrogen and oxygen atoms in total. The second-order valence-electron chi connectivity index (χ2n) is 12.3. The Morgan fingerprint density at radius 2 is 0.886 bits per heavy atom. The van der Waals surface area contributed by atoms with Gasteiger partial charge < -0.3 is 0 Å². The molecule has 0 aliphatic carbocycles. The van der Waals surface area contributed by atoms with Gasteiger partial charge in [-0.25, -0.2) is 0 Å². The molecule has 0 fully saturated rings. The van der Waals surface area contributed by atoms with E-state index in [4.69, 9.17) is 50.4 Å². The van der Waals surface area contributed by atoms with Crippen molar-refractivity contribution in [2.45, 2.75) is 144 Å². The summed E-state index contributed by atoms with van der Waals surface area (Å²) in [6.07, 6.45) is 7.26. The number of aliphatic imine (C=N–C) groups is 2. The van der Waals surface area contributed by atoms with Crippen molar-refractivity contribution in [1.29, 1.82) is 0 Å². The van der Waals surface area contributed by atoms with Crippen molar-refractivity contribution in [2.75, 3.05) is 0 Å². The Morgan fingerprint density at radius 1 is 0.629 bits per heavy atom. The van der Waals surface area contributed by atoms with Crippen molar-refractivity contribution in [1.82, 2.24) is 0 Å². The third-order valence-electron chi connectivity index (χ3n) is 7.28. The van der Waals surface area contributed by atoms with Gasteiger partial charge in [0.05, 0.1) is 0 Å². The van der Waals surface area contributed by atoms with Crippen molar-refractivity contribution < 1.29 is 40.4 Å². The predicted octanol–water partition coefficient (Wildman–Crippen LogP) is 8.59. The summed E-state index contributed by atoms with van der Waals surface area (Å²) in [6, 6.07) is 0. The molecule has 0 spiro atoms. The summed E-state index contributed by atoms with van der Waals surface area (Å²) in [5.74, 6) is 0.999. The minimum absolute atomic E-state index is 0.267. The van der Waals surface area contributed by atoms with Crippen LogP contribution in [0.5, 0.6) is 0 Å². The standard InChI is InChI=1S/C27H46Br2N2O2.2Ni/c1-11-15-25(16-12-2)19(23(5,6)7)30-21(32-25)27(28,29)22-31-20(24(8,9)10)26(33-22,17-13-3)18-14-4;;/h11-18H2,1-10H3;;. The first-order chi connectivity index (χ1) is 15.9. The van der Waals surface area contributed by atoms with Crippen LogP contribution in [-0.4, -0.2) is 35.2 Å². The van der Waals surface area contributed by atoms with E-state index in [0.717, 1.165) is 51.4 Å². The minimum atomic E-state index is -1.03. The van der Waals surface area contributed by atoms with Crippen LogP contribution in [0.1, 0.15) is 121 Å². The first kappa shape index (κ1) is 32.1. The van der Waals surface area contributed by atoms with Crippen molar-refractivity contribution in [3.05, 3.63) is 0 Å². The summed E-state index contributed by atoms with van der Waals surface area (Å²) in [5, 5.41) is 0. The number of ether oxygens (including phenoxy) is 2. The molecule has 2 rings (SSSR count). The van der Waals surface area contributed by atoms with E-state index >= 15 is 0 Å². The molecule has 0 saturated heterocycles. The van der Waals surface area contributed by atoms with Crippen LogP contribution in [0.2, 0.25) is 0 Å². The molecule has 35 heavy (non-hydrogen) atoms. The molecule has 0 saturated carbocycles. The van der Waals surface area contributed by atoms with Crippen LogP contribution in [0.25, 0.3) is 0 Å². The van der Waals surface area contributed by atoms with Gasteiger partial charge in [0.2, 0.25) is 0 Å². The van der Waals surface area contributed by atoms with E-state index in [2.05, 4.69) is 101 Å². The fourth-order valence-corrected chi connectivity index (χ4v) is 7.25. The zero-order chi connectivity index (χ0) is 27.1. The zero-order valence-electron chi connectivity index (χ0n) is 23.3. The Balaban J connectivity index is 2.68. The molecule has 2 heterocycles. The molecule has 0 aromatic carbocycles. The monoisotopic (exact) mass is 704 g/mol. The van der Waals surface area contributed by atoms with Gasteiger partial charge in [-0.2, -0.15) is 0 Å². The van der Waals surface area contributed by atoms with Crippen molar-refractivity contribution >= 4 is 43.7 Å². The van der Waals surface area contributed by atoms with Gasteiger partial charge in [0.1, 0.15) is 0 Å². The third-order valence-corrected chi connectivity index (χ3v) is 11.2. The Bertz CT molecular complexity index is 754. The van der Waals surface area contributed by atoms with Gasteiger partial charge in [0, 0.05) is 0 Å². The number of nitrogens with zero attached hydrogens (tertiary/aromatic N) is 2. The first-order valence-electron chi connectivity index (χ1n) is 13.1. The summed E-state index contributed by atoms with van der Waals surface area (Å²) >= 11 is 19.7. The molecule has 0 radical (unpaired) electrons. The summed E-state index contributed by atoms with van der Waals surface area (Å²) in [6.45, 7) is 21.7. The van der Waals surface area contributed by atoms with Gasteiger partial charge >= 0.3 is 249 Å². The molecule has 8 heteroatoms. The van der Waals surface area contributed by atoms with Crippen LogP contribution in [-0.2, 0) is 40.4 Å². The average Bonchev–Trinajstić information content (AvgIpc) is 3.18. The summed E-state index contributed by atoms with van der Waals surface area (Å²) in [7, 11) is 0. The number of alkyl halides is 2. The van der Waals surface area contributed by atoms with Crippen LogP contribution < -0.4 is 0 Å². The predicted molar refractivity (Wildman–Crippen MR) is 147 cm³/mol. The Morgan fingerprint density at radius 3 is 1.09 bits per heavy atom. The maximum absolute atomic E-state index is 6.86. The molecule has 0 aromatic rings. The maximum atomic E-state index is 6.86. The fourth-order valence-electron chi connectivity index (χ4n) is 5.78. The van der Waals surface area contributed by atoms with E-state index in [1.807, 2.05) is 0 Å². The van der Waals surface area contributed by atoms with E-state index in [-0.39, 0.29) is 10.8 Å². The van der Waals surface area contributed by atoms with Gasteiger partial charge in [-0.15, -0.1) is 0 Å². The van der Waals surface area contributed by atoms with Gasteiger partial charge in [-0.05, 0) is 0 Å². The molecule has 0 aromatic heterocycles. The summed E-state index contributed by atoms with van der Waals surface area (Å²) in [4.78, 5) is 10.4. The molecule has 2 atom stereocenters. The molecular weight excluding hydrogens is 662 g/mol. The van der Waals surface area contributed by atoms with E-state index in [1.54, 1.807) is 0 Å². The van der Waals surface area contributed by atoms with Crippen LogP contribution >= 0.6 is 31.9 Å². The molecule has 0 amide bonds. The van der Waals surface area contributed by atoms with Crippen LogP contribution in [0.4, 0.5) is 0 Å². The van der Waals surface area contributed by atoms with Crippen molar-refractivity contribution in [3.8, 4) is 0 Å². The summed E-state index contributed by atoms with van der Waals surface area (Å²) in [5.41, 5.74) is -1.65. The topological polar surface area (TPSA) is 43.2 Å². The third kappa shape index (κ3) is 5.24. The number of hydrogen-bond donors (Lipinski definition) is 0. The van der Waals surface area contributed by atoms with Crippen molar-refractivity contribution in [3.63, 3.8) is 0 Å². The second kappa shape index (κ2) is 10.8. The summed E-state index contributed by atoms with van der Waals surface area (Å²) < 4.78 is 11.1. The van der Waals surface area contributed by atoms with Crippen LogP contribution in [0.3, 0.4) is 0 Å². The molecule has 210 valence electrons. The molecule has 2 aliphatic rings. The van der Waals surface area contributed by atoms with Gasteiger partial charge in [0.25, 0.3) is 0 Å². The normalized spacial score (nSPS) is 28.5.